The van der Waals surface area contributed by atoms with Crippen molar-refractivity contribution in [1.82, 2.24) is 10.2 Å². The lowest BCUT2D eigenvalue weighted by molar-refractivity contribution is -0.151. The molecule has 0 bridgehead atoms. The van der Waals surface area contributed by atoms with Crippen LogP contribution in [0.3, 0.4) is 0 Å². The summed E-state index contributed by atoms with van der Waals surface area (Å²) in [5.41, 5.74) is 4.46. The van der Waals surface area contributed by atoms with E-state index in [0.29, 0.717) is 0 Å². The number of rotatable bonds is 10. The molecule has 0 saturated carbocycles. The van der Waals surface area contributed by atoms with Crippen LogP contribution in [0.4, 0.5) is 4.79 Å². The number of benzene rings is 3. The van der Waals surface area contributed by atoms with E-state index in [1.807, 2.05) is 66.7 Å². The Balaban J connectivity index is 1.51. The summed E-state index contributed by atoms with van der Waals surface area (Å²) in [6, 6.07) is 24.3. The number of aliphatic carboxylic acids is 1. The van der Waals surface area contributed by atoms with Crippen molar-refractivity contribution < 1.29 is 29.0 Å². The molecule has 0 radical (unpaired) electrons. The van der Waals surface area contributed by atoms with Gasteiger partial charge in [0.2, 0.25) is 5.91 Å². The molecular weight excluding hydrogens is 508 g/mol. The fourth-order valence-electron chi connectivity index (χ4n) is 4.99. The summed E-state index contributed by atoms with van der Waals surface area (Å²) in [4.78, 5) is 39.7. The molecule has 0 heterocycles. The number of carboxylic acids is 1. The Hall–Kier alpha value is -4.17. The molecule has 3 aromatic rings. The Kier molecular flexibility index (Phi) is 8.90. The highest BCUT2D eigenvalue weighted by Crippen LogP contribution is 2.44. The number of fused-ring (bicyclic) bond motifs is 3. The van der Waals surface area contributed by atoms with Gasteiger partial charge in [0, 0.05) is 11.5 Å². The molecule has 8 nitrogen and oxygen atoms in total. The SMILES string of the molecule is C[C@H](OCc1ccccc1)[C@@H](NC(=O)OCC1c2ccccc2-c2ccccc21)C(=O)N(CC(=O)O)C(C)(C)C. The molecule has 8 heteroatoms. The molecular formula is C32H36N2O6. The second kappa shape index (κ2) is 12.3. The van der Waals surface area contributed by atoms with Crippen LogP contribution in [-0.4, -0.2) is 58.8 Å². The molecule has 0 spiro atoms. The van der Waals surface area contributed by atoms with Gasteiger partial charge in [-0.3, -0.25) is 9.59 Å². The van der Waals surface area contributed by atoms with Crippen molar-refractivity contribution in [1.29, 1.82) is 0 Å². The Morgan fingerprint density at radius 1 is 0.900 bits per heavy atom. The number of carbonyl (C=O) groups excluding carboxylic acids is 2. The molecule has 0 aliphatic heterocycles. The van der Waals surface area contributed by atoms with Gasteiger partial charge in [0.1, 0.15) is 19.2 Å². The molecule has 40 heavy (non-hydrogen) atoms. The zero-order valence-corrected chi connectivity index (χ0v) is 23.3. The van der Waals surface area contributed by atoms with E-state index in [9.17, 15) is 19.5 Å². The highest BCUT2D eigenvalue weighted by molar-refractivity contribution is 5.89. The van der Waals surface area contributed by atoms with Crippen LogP contribution in [0.5, 0.6) is 0 Å². The minimum absolute atomic E-state index is 0.0815. The topological polar surface area (TPSA) is 105 Å². The first-order valence-electron chi connectivity index (χ1n) is 13.4. The van der Waals surface area contributed by atoms with Crippen LogP contribution < -0.4 is 5.32 Å². The summed E-state index contributed by atoms with van der Waals surface area (Å²) in [5.74, 6) is -1.86. The number of nitrogens with one attached hydrogen (secondary N) is 1. The summed E-state index contributed by atoms with van der Waals surface area (Å²) in [5, 5.41) is 12.2. The number of alkyl carbamates (subject to hydrolysis) is 1. The standard InChI is InChI=1S/C32H36N2O6/c1-21(39-19-22-12-6-5-7-13-22)29(30(37)34(18-28(35)36)32(2,3)4)33-31(38)40-20-27-25-16-10-8-14-23(25)24-15-9-11-17-26(24)27/h5-17,21,27,29H,18-20H2,1-4H3,(H,33,38)(H,35,36)/t21-,29+/m0/s1. The summed E-state index contributed by atoms with van der Waals surface area (Å²) in [6.07, 6.45) is -1.55. The molecule has 0 aromatic heterocycles. The van der Waals surface area contributed by atoms with E-state index >= 15 is 0 Å². The second-order valence-corrected chi connectivity index (χ2v) is 10.9. The largest absolute Gasteiger partial charge is 0.480 e. The van der Waals surface area contributed by atoms with Crippen LogP contribution in [0, 0.1) is 0 Å². The predicted octanol–water partition coefficient (Wildman–Crippen LogP) is 5.21. The van der Waals surface area contributed by atoms with Crippen molar-refractivity contribution in [2.75, 3.05) is 13.2 Å². The molecule has 1 aliphatic rings. The fraction of sp³-hybridized carbons (Fsp3) is 0.344. The van der Waals surface area contributed by atoms with Gasteiger partial charge in [0.25, 0.3) is 0 Å². The maximum absolute atomic E-state index is 13.7. The van der Waals surface area contributed by atoms with Crippen molar-refractivity contribution in [3.63, 3.8) is 0 Å². The van der Waals surface area contributed by atoms with Crippen LogP contribution in [0.2, 0.25) is 0 Å². The van der Waals surface area contributed by atoms with Gasteiger partial charge in [-0.25, -0.2) is 4.79 Å². The molecule has 1 aliphatic carbocycles. The first kappa shape index (κ1) is 28.8. The zero-order valence-electron chi connectivity index (χ0n) is 23.3. The van der Waals surface area contributed by atoms with Crippen LogP contribution >= 0.6 is 0 Å². The van der Waals surface area contributed by atoms with Gasteiger partial charge in [0.15, 0.2) is 0 Å². The van der Waals surface area contributed by atoms with Gasteiger partial charge in [-0.1, -0.05) is 78.9 Å². The van der Waals surface area contributed by atoms with Crippen molar-refractivity contribution >= 4 is 18.0 Å². The number of ether oxygens (including phenoxy) is 2. The third-order valence-corrected chi connectivity index (χ3v) is 7.08. The average Bonchev–Trinajstić information content (AvgIpc) is 3.25. The van der Waals surface area contributed by atoms with E-state index < -0.39 is 42.2 Å². The quantitative estimate of drug-likeness (QED) is 0.363. The zero-order chi connectivity index (χ0) is 28.9. The van der Waals surface area contributed by atoms with Crippen molar-refractivity contribution in [3.8, 4) is 11.1 Å². The lowest BCUT2D eigenvalue weighted by Gasteiger charge is -2.38. The van der Waals surface area contributed by atoms with Gasteiger partial charge in [-0.15, -0.1) is 0 Å². The molecule has 2 N–H and O–H groups in total. The lowest BCUT2D eigenvalue weighted by Crippen LogP contribution is -2.59. The summed E-state index contributed by atoms with van der Waals surface area (Å²) in [6.45, 7) is 6.69. The van der Waals surface area contributed by atoms with Gasteiger partial charge < -0.3 is 24.8 Å². The van der Waals surface area contributed by atoms with E-state index in [4.69, 9.17) is 9.47 Å². The van der Waals surface area contributed by atoms with E-state index in [1.165, 1.54) is 4.90 Å². The minimum atomic E-state index is -1.17. The molecule has 3 aromatic carbocycles. The van der Waals surface area contributed by atoms with E-state index in [0.717, 1.165) is 27.8 Å². The molecule has 2 amide bonds. The first-order valence-corrected chi connectivity index (χ1v) is 13.4. The Morgan fingerprint density at radius 3 is 2.00 bits per heavy atom. The van der Waals surface area contributed by atoms with Crippen molar-refractivity contribution in [2.24, 2.45) is 0 Å². The number of amides is 2. The molecule has 0 saturated heterocycles. The number of nitrogens with zero attached hydrogens (tertiary/aromatic N) is 1. The van der Waals surface area contributed by atoms with Gasteiger partial charge >= 0.3 is 12.1 Å². The number of carbonyl (C=O) groups is 3. The fourth-order valence-corrected chi connectivity index (χ4v) is 4.99. The van der Waals surface area contributed by atoms with E-state index in [2.05, 4.69) is 17.4 Å². The molecule has 0 fully saturated rings. The van der Waals surface area contributed by atoms with Crippen LogP contribution in [-0.2, 0) is 25.7 Å². The number of carboxylic acid groups (broad SMARTS) is 1. The third-order valence-electron chi connectivity index (χ3n) is 7.08. The number of hydrogen-bond acceptors (Lipinski definition) is 5. The number of hydrogen-bond donors (Lipinski definition) is 2. The molecule has 2 atom stereocenters. The highest BCUT2D eigenvalue weighted by atomic mass is 16.5. The highest BCUT2D eigenvalue weighted by Gasteiger charge is 2.38. The average molecular weight is 545 g/mol. The first-order chi connectivity index (χ1) is 19.1. The minimum Gasteiger partial charge on any atom is -0.480 e. The van der Waals surface area contributed by atoms with E-state index in [-0.39, 0.29) is 19.1 Å². The monoisotopic (exact) mass is 544 g/mol. The Morgan fingerprint density at radius 2 is 1.45 bits per heavy atom. The Bertz CT molecular complexity index is 1310. The van der Waals surface area contributed by atoms with Gasteiger partial charge in [-0.05, 0) is 55.5 Å². The summed E-state index contributed by atoms with van der Waals surface area (Å²) >= 11 is 0. The molecule has 210 valence electrons. The summed E-state index contributed by atoms with van der Waals surface area (Å²) < 4.78 is 11.7. The molecule has 0 unspecified atom stereocenters. The normalized spacial score (nSPS) is 14.0. The van der Waals surface area contributed by atoms with Crippen LogP contribution in [0.1, 0.15) is 50.3 Å². The maximum Gasteiger partial charge on any atom is 0.407 e. The third kappa shape index (κ3) is 6.69. The lowest BCUT2D eigenvalue weighted by atomic mass is 9.98. The van der Waals surface area contributed by atoms with Gasteiger partial charge in [0.05, 0.1) is 12.7 Å². The van der Waals surface area contributed by atoms with Crippen LogP contribution in [0.15, 0.2) is 78.9 Å². The van der Waals surface area contributed by atoms with Crippen LogP contribution in [0.25, 0.3) is 11.1 Å². The van der Waals surface area contributed by atoms with E-state index in [1.54, 1.807) is 27.7 Å². The van der Waals surface area contributed by atoms with Crippen molar-refractivity contribution in [2.45, 2.75) is 57.9 Å². The van der Waals surface area contributed by atoms with Gasteiger partial charge in [-0.2, -0.15) is 0 Å². The molecule has 4 rings (SSSR count). The predicted molar refractivity (Wildman–Crippen MR) is 152 cm³/mol. The smallest absolute Gasteiger partial charge is 0.407 e. The summed E-state index contributed by atoms with van der Waals surface area (Å²) in [7, 11) is 0. The Labute approximate surface area is 234 Å². The second-order valence-electron chi connectivity index (χ2n) is 10.9. The van der Waals surface area contributed by atoms with Crippen molar-refractivity contribution in [3.05, 3.63) is 95.6 Å². The maximum atomic E-state index is 13.7.